The van der Waals surface area contributed by atoms with Crippen LogP contribution in [0.15, 0.2) is 59.7 Å². The van der Waals surface area contributed by atoms with Gasteiger partial charge in [-0.2, -0.15) is 0 Å². The zero-order valence-corrected chi connectivity index (χ0v) is 13.4. The zero-order chi connectivity index (χ0) is 16.3. The normalized spacial score (nSPS) is 18.5. The average Bonchev–Trinajstić information content (AvgIpc) is 3.18. The van der Waals surface area contributed by atoms with E-state index in [1.807, 2.05) is 13.2 Å². The molecule has 1 aliphatic carbocycles. The Bertz CT molecular complexity index is 993. The van der Waals surface area contributed by atoms with E-state index in [2.05, 4.69) is 58.5 Å². The lowest BCUT2D eigenvalue weighted by molar-refractivity contribution is -0.127. The van der Waals surface area contributed by atoms with Crippen LogP contribution in [0.5, 0.6) is 0 Å². The van der Waals surface area contributed by atoms with Crippen LogP contribution in [0.2, 0.25) is 0 Å². The van der Waals surface area contributed by atoms with E-state index < -0.39 is 5.54 Å². The Morgan fingerprint density at radius 1 is 1.00 bits per heavy atom. The first-order valence-electron chi connectivity index (χ1n) is 8.22. The summed E-state index contributed by atoms with van der Waals surface area (Å²) in [5, 5.41) is 1.21. The highest BCUT2D eigenvalue weighted by atomic mass is 16.2. The molecule has 0 atom stereocenters. The molecule has 2 aromatic carbocycles. The molecule has 3 aromatic rings. The molecule has 1 N–H and O–H groups in total. The van der Waals surface area contributed by atoms with E-state index in [0.717, 1.165) is 35.3 Å². The number of aliphatic imine (C=N–C) groups is 1. The van der Waals surface area contributed by atoms with Crippen molar-refractivity contribution in [1.29, 1.82) is 0 Å². The van der Waals surface area contributed by atoms with Crippen molar-refractivity contribution in [2.24, 2.45) is 4.99 Å². The third kappa shape index (κ3) is 1.86. The summed E-state index contributed by atoms with van der Waals surface area (Å²) in [6.07, 6.45) is 3.72. The van der Waals surface area contributed by atoms with Crippen molar-refractivity contribution in [1.82, 2.24) is 9.88 Å². The highest BCUT2D eigenvalue weighted by molar-refractivity contribution is 6.16. The van der Waals surface area contributed by atoms with Crippen LogP contribution in [0.1, 0.15) is 18.4 Å². The van der Waals surface area contributed by atoms with Gasteiger partial charge in [0.1, 0.15) is 11.4 Å². The smallest absolute Gasteiger partial charge is 0.255 e. The van der Waals surface area contributed by atoms with Gasteiger partial charge < -0.3 is 4.98 Å². The van der Waals surface area contributed by atoms with Crippen LogP contribution < -0.4 is 0 Å². The zero-order valence-electron chi connectivity index (χ0n) is 13.4. The Morgan fingerprint density at radius 2 is 1.71 bits per heavy atom. The molecule has 1 saturated carbocycles. The van der Waals surface area contributed by atoms with Gasteiger partial charge in [0.2, 0.25) is 0 Å². The minimum Gasteiger partial charge on any atom is -0.361 e. The molecule has 0 bridgehead atoms. The maximum absolute atomic E-state index is 12.3. The fraction of sp³-hybridized carbons (Fsp3) is 0.200. The van der Waals surface area contributed by atoms with Crippen molar-refractivity contribution in [3.05, 3.63) is 60.3 Å². The van der Waals surface area contributed by atoms with Crippen LogP contribution >= 0.6 is 0 Å². The van der Waals surface area contributed by atoms with Gasteiger partial charge in [-0.1, -0.05) is 30.3 Å². The van der Waals surface area contributed by atoms with Gasteiger partial charge in [0.15, 0.2) is 0 Å². The number of carbonyl (C=O) groups is 1. The summed E-state index contributed by atoms with van der Waals surface area (Å²) < 4.78 is 0. The molecule has 1 amide bonds. The van der Waals surface area contributed by atoms with Crippen molar-refractivity contribution in [3.8, 4) is 11.1 Å². The van der Waals surface area contributed by atoms with E-state index in [-0.39, 0.29) is 5.91 Å². The molecule has 24 heavy (non-hydrogen) atoms. The number of fused-ring (bicyclic) bond motifs is 1. The Morgan fingerprint density at radius 3 is 2.42 bits per heavy atom. The third-order valence-electron chi connectivity index (χ3n) is 5.09. The second kappa shape index (κ2) is 4.57. The average molecular weight is 315 g/mol. The molecule has 4 nitrogen and oxygen atoms in total. The van der Waals surface area contributed by atoms with E-state index in [1.54, 1.807) is 4.90 Å². The molecule has 2 aliphatic rings. The molecule has 118 valence electrons. The summed E-state index contributed by atoms with van der Waals surface area (Å²) in [4.78, 5) is 21.9. The molecule has 2 heterocycles. The molecular formula is C20H17N3O. The minimum absolute atomic E-state index is 0.138. The van der Waals surface area contributed by atoms with Crippen molar-refractivity contribution >= 4 is 22.6 Å². The first kappa shape index (κ1) is 13.5. The van der Waals surface area contributed by atoms with E-state index in [4.69, 9.17) is 0 Å². The molecule has 1 aliphatic heterocycles. The number of aromatic nitrogens is 1. The van der Waals surface area contributed by atoms with Crippen molar-refractivity contribution in [2.45, 2.75) is 18.4 Å². The van der Waals surface area contributed by atoms with E-state index in [1.165, 1.54) is 10.9 Å². The number of amides is 1. The van der Waals surface area contributed by atoms with Crippen molar-refractivity contribution in [2.75, 3.05) is 7.05 Å². The van der Waals surface area contributed by atoms with Gasteiger partial charge in [-0.05, 0) is 47.6 Å². The summed E-state index contributed by atoms with van der Waals surface area (Å²) in [5.41, 5.74) is 4.06. The fourth-order valence-electron chi connectivity index (χ4n) is 3.48. The molecule has 0 unspecified atom stereocenters. The standard InChI is InChI=1S/C20H17N3O/c1-23-18(22-20(9-10-20)19(23)24)14-4-2-13(3-5-14)15-6-7-17-16(12-15)8-11-21-17/h2-8,11-12,21H,9-10H2,1H3. The van der Waals surface area contributed by atoms with E-state index in [9.17, 15) is 4.79 Å². The van der Waals surface area contributed by atoms with Crippen molar-refractivity contribution in [3.63, 3.8) is 0 Å². The number of hydrogen-bond donors (Lipinski definition) is 1. The molecule has 1 aromatic heterocycles. The molecular weight excluding hydrogens is 298 g/mol. The van der Waals surface area contributed by atoms with Gasteiger partial charge >= 0.3 is 0 Å². The summed E-state index contributed by atoms with van der Waals surface area (Å²) >= 11 is 0. The number of nitrogens with one attached hydrogen (secondary N) is 1. The topological polar surface area (TPSA) is 48.5 Å². The van der Waals surface area contributed by atoms with Crippen LogP contribution in [-0.2, 0) is 4.79 Å². The molecule has 0 saturated heterocycles. The maximum Gasteiger partial charge on any atom is 0.255 e. The van der Waals surface area contributed by atoms with Gasteiger partial charge in [0.05, 0.1) is 0 Å². The van der Waals surface area contributed by atoms with Crippen LogP contribution in [0.3, 0.4) is 0 Å². The highest BCUT2D eigenvalue weighted by Crippen LogP contribution is 2.45. The van der Waals surface area contributed by atoms with Crippen LogP contribution in [-0.4, -0.2) is 34.2 Å². The SMILES string of the molecule is CN1C(=O)C2(CC2)N=C1c1ccc(-c2ccc3[nH]ccc3c2)cc1. The minimum atomic E-state index is -0.428. The first-order chi connectivity index (χ1) is 11.7. The van der Waals surface area contributed by atoms with E-state index >= 15 is 0 Å². The third-order valence-corrected chi connectivity index (χ3v) is 5.09. The number of rotatable bonds is 2. The fourth-order valence-corrected chi connectivity index (χ4v) is 3.48. The lowest BCUT2D eigenvalue weighted by Gasteiger charge is -2.13. The largest absolute Gasteiger partial charge is 0.361 e. The first-order valence-corrected chi connectivity index (χ1v) is 8.22. The number of hydrogen-bond acceptors (Lipinski definition) is 2. The number of nitrogens with zero attached hydrogens (tertiary/aromatic N) is 2. The van der Waals surface area contributed by atoms with Gasteiger partial charge in [0.25, 0.3) is 5.91 Å². The lowest BCUT2D eigenvalue weighted by Crippen LogP contribution is -2.32. The Kier molecular flexibility index (Phi) is 2.58. The van der Waals surface area contributed by atoms with Gasteiger partial charge in [0, 0.05) is 24.3 Å². The predicted octanol–water partition coefficient (Wildman–Crippen LogP) is 3.59. The van der Waals surface area contributed by atoms with Crippen molar-refractivity contribution < 1.29 is 4.79 Å². The predicted molar refractivity (Wildman–Crippen MR) is 95.0 cm³/mol. The summed E-state index contributed by atoms with van der Waals surface area (Å²) in [7, 11) is 1.82. The monoisotopic (exact) mass is 315 g/mol. The number of amidine groups is 1. The molecule has 1 fully saturated rings. The lowest BCUT2D eigenvalue weighted by atomic mass is 10.0. The van der Waals surface area contributed by atoms with Crippen LogP contribution in [0.25, 0.3) is 22.0 Å². The summed E-state index contributed by atoms with van der Waals surface area (Å²) in [6.45, 7) is 0. The highest BCUT2D eigenvalue weighted by Gasteiger charge is 2.56. The Hall–Kier alpha value is -2.88. The number of benzene rings is 2. The second-order valence-corrected chi connectivity index (χ2v) is 6.69. The number of H-pyrrole nitrogens is 1. The number of likely N-dealkylation sites (N-methyl/N-ethyl adjacent to an activating group) is 1. The Balaban J connectivity index is 1.50. The summed E-state index contributed by atoms with van der Waals surface area (Å²) in [6, 6.07) is 16.8. The second-order valence-electron chi connectivity index (χ2n) is 6.69. The molecule has 5 rings (SSSR count). The van der Waals surface area contributed by atoms with Crippen LogP contribution in [0, 0.1) is 0 Å². The summed E-state index contributed by atoms with van der Waals surface area (Å²) in [5.74, 6) is 0.935. The Labute approximate surface area is 139 Å². The molecule has 1 spiro atoms. The van der Waals surface area contributed by atoms with Gasteiger partial charge in [-0.25, -0.2) is 0 Å². The molecule has 4 heteroatoms. The quantitative estimate of drug-likeness (QED) is 0.772. The molecule has 0 radical (unpaired) electrons. The van der Waals surface area contributed by atoms with E-state index in [0.29, 0.717) is 0 Å². The number of carbonyl (C=O) groups excluding carboxylic acids is 1. The number of aromatic amines is 1. The maximum atomic E-state index is 12.3. The van der Waals surface area contributed by atoms with Gasteiger partial charge in [-0.3, -0.25) is 14.7 Å². The van der Waals surface area contributed by atoms with Gasteiger partial charge in [-0.15, -0.1) is 0 Å². The van der Waals surface area contributed by atoms with Crippen LogP contribution in [0.4, 0.5) is 0 Å².